The fraction of sp³-hybridized carbons (Fsp3) is 0.846. The van der Waals surface area contributed by atoms with E-state index in [4.69, 9.17) is 10.2 Å². The molecule has 0 spiro atoms. The van der Waals surface area contributed by atoms with Crippen molar-refractivity contribution >= 4 is 98.3 Å². The summed E-state index contributed by atoms with van der Waals surface area (Å²) in [5, 5.41) is 24.2. The smallest absolute Gasteiger partial charge is 0.306 e. The van der Waals surface area contributed by atoms with Crippen LogP contribution in [-0.2, 0) is 42.3 Å². The van der Waals surface area contributed by atoms with Crippen LogP contribution in [0.15, 0.2) is 0 Å². The van der Waals surface area contributed by atoms with Crippen molar-refractivity contribution in [2.45, 2.75) is 25.7 Å². The second kappa shape index (κ2) is 25.6. The molecule has 0 aliphatic carbocycles. The van der Waals surface area contributed by atoms with Crippen LogP contribution in [0.5, 0.6) is 0 Å². The third-order valence-corrected chi connectivity index (χ3v) is 3.31. The second-order valence-electron chi connectivity index (χ2n) is 5.04. The zero-order chi connectivity index (χ0) is 19.7. The molecule has 0 unspecified atom stereocenters. The Hall–Kier alpha value is 4.34. The summed E-state index contributed by atoms with van der Waals surface area (Å²) in [5.74, 6) is -1.52. The standard InChI is InChI=1S/C6H11NO2.C6H10NO2.CH3I3.I3.Y/c2*8-6(9)5-1-3-7-4-2-5;1-4(2)3;1-3-2;/h5,7H,1-4H2,(H,8,9);5H,1-4H2,(H,8,9);1H3;;/q;-1;;-1;. The van der Waals surface area contributed by atoms with E-state index < -0.39 is 11.9 Å². The van der Waals surface area contributed by atoms with E-state index >= 15 is 0 Å². The number of halogens is 6. The molecule has 2 saturated heterocycles. The molecule has 0 atom stereocenters. The average Bonchev–Trinajstić information content (AvgIpc) is 2.57. The third-order valence-electron chi connectivity index (χ3n) is 3.31. The summed E-state index contributed by atoms with van der Waals surface area (Å²) in [6.07, 6.45) is 3.04. The van der Waals surface area contributed by atoms with Gasteiger partial charge in [0.2, 0.25) is 0 Å². The predicted octanol–water partition coefficient (Wildman–Crippen LogP) is 2.52. The zero-order valence-corrected chi connectivity index (χ0v) is 30.1. The van der Waals surface area contributed by atoms with Crippen molar-refractivity contribution in [3.05, 3.63) is 5.32 Å². The maximum Gasteiger partial charge on any atom is 0.306 e. The number of alkyl halides is 1. The first kappa shape index (κ1) is 34.9. The van der Waals surface area contributed by atoms with Crippen molar-refractivity contribution in [1.82, 2.24) is 5.32 Å². The molecule has 2 rings (SSSR count). The molecule has 0 aromatic carbocycles. The molecule has 2 aliphatic rings. The third kappa shape index (κ3) is 26.4. The summed E-state index contributed by atoms with van der Waals surface area (Å²) in [4.78, 5) is 22.9. The van der Waals surface area contributed by atoms with Gasteiger partial charge in [0.1, 0.15) is 0 Å². The molecule has 157 valence electrons. The van der Waals surface area contributed by atoms with Gasteiger partial charge in [0.15, 0.2) is 0 Å². The Morgan fingerprint density at radius 3 is 1.54 bits per heavy atom. The van der Waals surface area contributed by atoms with Crippen LogP contribution in [0.2, 0.25) is 0 Å². The molecular formula is C13H24I6N2O4Y-2. The van der Waals surface area contributed by atoms with Gasteiger partial charge in [-0.2, -0.15) is 0 Å². The van der Waals surface area contributed by atoms with Gasteiger partial charge >= 0.3 is 116 Å². The summed E-state index contributed by atoms with van der Waals surface area (Å²) < 4.78 is 0. The predicted molar refractivity (Wildman–Crippen MR) is 143 cm³/mol. The number of carboxylic acid groups (broad SMARTS) is 2. The van der Waals surface area contributed by atoms with Crippen molar-refractivity contribution in [1.29, 1.82) is 0 Å². The van der Waals surface area contributed by atoms with Crippen LogP contribution in [0, 0.1) is 11.8 Å². The van der Waals surface area contributed by atoms with Gasteiger partial charge in [0.25, 0.3) is 0 Å². The molecule has 0 bridgehead atoms. The molecule has 1 radical (unpaired) electrons. The van der Waals surface area contributed by atoms with E-state index in [1.165, 1.54) is 0 Å². The van der Waals surface area contributed by atoms with Gasteiger partial charge in [0, 0.05) is 32.7 Å². The number of piperidine rings is 2. The van der Waals surface area contributed by atoms with Crippen molar-refractivity contribution in [2.24, 2.45) is 11.8 Å². The minimum Gasteiger partial charge on any atom is -0.662 e. The van der Waals surface area contributed by atoms with Crippen LogP contribution in [0.1, 0.15) is 25.7 Å². The van der Waals surface area contributed by atoms with E-state index in [9.17, 15) is 9.59 Å². The van der Waals surface area contributed by atoms with Crippen LogP contribution in [0.3, 0.4) is 0 Å². The average molecular weight is 1120 g/mol. The molecule has 2 heterocycles. The Balaban J connectivity index is -0.000000295. The van der Waals surface area contributed by atoms with E-state index in [1.807, 2.05) is 0 Å². The molecule has 0 saturated carbocycles. The molecule has 13 heteroatoms. The SMILES string of the molecule is CI(I)I.I[I-]I.O=C(O)C1CCNCC1.O=C(O)C1CC[N-]CC1.[Y]. The van der Waals surface area contributed by atoms with Crippen LogP contribution in [0.25, 0.3) is 5.32 Å². The Labute approximate surface area is 238 Å². The molecule has 0 aromatic rings. The van der Waals surface area contributed by atoms with E-state index in [0.717, 1.165) is 51.9 Å². The summed E-state index contributed by atoms with van der Waals surface area (Å²) in [5.41, 5.74) is 0. The number of aliphatic carboxylic acids is 2. The van der Waals surface area contributed by atoms with Crippen LogP contribution in [-0.4, -0.2) is 53.3 Å². The van der Waals surface area contributed by atoms with E-state index in [-0.39, 0.29) is 56.4 Å². The number of nitrogens with one attached hydrogen (secondary N) is 1. The van der Waals surface area contributed by atoms with Crippen LogP contribution in [0.4, 0.5) is 0 Å². The number of carboxylic acids is 2. The summed E-state index contributed by atoms with van der Waals surface area (Å²) in [6.45, 7) is 3.18. The monoisotopic (exact) mass is 1120 g/mol. The Bertz CT molecular complexity index is 316. The van der Waals surface area contributed by atoms with Gasteiger partial charge in [-0.1, -0.05) is 12.8 Å². The van der Waals surface area contributed by atoms with Crippen molar-refractivity contribution < 1.29 is 65.8 Å². The maximum atomic E-state index is 10.3. The van der Waals surface area contributed by atoms with Crippen LogP contribution >= 0.6 is 86.3 Å². The molecule has 0 amide bonds. The summed E-state index contributed by atoms with van der Waals surface area (Å²) >= 11 is 9.95. The molecule has 0 aromatic heterocycles. The van der Waals surface area contributed by atoms with E-state index in [0.29, 0.717) is 13.3 Å². The van der Waals surface area contributed by atoms with Crippen LogP contribution < -0.4 is 18.6 Å². The topological polar surface area (TPSA) is 101 Å². The fourth-order valence-electron chi connectivity index (χ4n) is 2.07. The molecular weight excluding hydrogens is 1100 g/mol. The minimum absolute atomic E-state index is 0. The minimum atomic E-state index is -0.662. The number of hydrogen-bond donors (Lipinski definition) is 3. The second-order valence-corrected chi connectivity index (χ2v) is 50.1. The molecule has 2 aliphatic heterocycles. The Morgan fingerprint density at radius 1 is 1.00 bits per heavy atom. The van der Waals surface area contributed by atoms with Gasteiger partial charge in [0.05, 0.1) is 11.8 Å². The molecule has 6 nitrogen and oxygen atoms in total. The largest absolute Gasteiger partial charge is 0.662 e. The number of nitrogens with zero attached hydrogens (tertiary/aromatic N) is 1. The van der Waals surface area contributed by atoms with Gasteiger partial charge in [-0.3, -0.25) is 9.59 Å². The molecule has 2 fully saturated rings. The fourth-order valence-corrected chi connectivity index (χ4v) is 2.07. The van der Waals surface area contributed by atoms with E-state index in [1.54, 1.807) is 0 Å². The summed E-state index contributed by atoms with van der Waals surface area (Å²) in [7, 11) is 0. The first-order chi connectivity index (χ1) is 11.8. The summed E-state index contributed by atoms with van der Waals surface area (Å²) in [6, 6.07) is 0. The van der Waals surface area contributed by atoms with E-state index in [2.05, 4.69) is 90.0 Å². The normalized spacial score (nSPS) is 17.7. The quantitative estimate of drug-likeness (QED) is 0.292. The Kier molecular flexibility index (Phi) is 34.4. The van der Waals surface area contributed by atoms with Crippen molar-refractivity contribution in [3.63, 3.8) is 0 Å². The van der Waals surface area contributed by atoms with Gasteiger partial charge in [-0.15, -0.1) is 13.1 Å². The van der Waals surface area contributed by atoms with Crippen molar-refractivity contribution in [3.8, 4) is 0 Å². The number of carbonyl (C=O) groups is 2. The van der Waals surface area contributed by atoms with Crippen molar-refractivity contribution in [2.75, 3.05) is 31.1 Å². The first-order valence-electron chi connectivity index (χ1n) is 7.35. The molecule has 3 N–H and O–H groups in total. The Morgan fingerprint density at radius 2 is 1.31 bits per heavy atom. The maximum absolute atomic E-state index is 10.3. The zero-order valence-electron chi connectivity index (χ0n) is 14.3. The van der Waals surface area contributed by atoms with Gasteiger partial charge < -0.3 is 20.8 Å². The number of hydrogen-bond acceptors (Lipinski definition) is 3. The first-order valence-corrected chi connectivity index (χ1v) is 34.7. The molecule has 26 heavy (non-hydrogen) atoms. The number of rotatable bonds is 2. The van der Waals surface area contributed by atoms with Gasteiger partial charge in [-0.25, -0.2) is 0 Å². The van der Waals surface area contributed by atoms with Gasteiger partial charge in [-0.05, 0) is 25.9 Å².